The minimum absolute atomic E-state index is 0.0162. The van der Waals surface area contributed by atoms with Crippen molar-refractivity contribution in [1.82, 2.24) is 9.62 Å². The van der Waals surface area contributed by atoms with Gasteiger partial charge in [-0.15, -0.1) is 11.8 Å². The topological polar surface area (TPSA) is 75.7 Å². The van der Waals surface area contributed by atoms with E-state index in [1.807, 2.05) is 13.8 Å². The van der Waals surface area contributed by atoms with Gasteiger partial charge >= 0.3 is 0 Å². The molecule has 1 aliphatic heterocycles. The molecular formula is C15H20BrClN2O4S2. The molecule has 0 bridgehead atoms. The third-order valence-corrected chi connectivity index (χ3v) is 7.75. The van der Waals surface area contributed by atoms with Gasteiger partial charge in [-0.2, -0.15) is 4.31 Å². The number of benzene rings is 1. The Hall–Kier alpha value is -0.480. The number of hydrogen-bond acceptors (Lipinski definition) is 5. The van der Waals surface area contributed by atoms with Crippen LogP contribution < -0.4 is 10.1 Å². The lowest BCUT2D eigenvalue weighted by Gasteiger charge is -2.25. The summed E-state index contributed by atoms with van der Waals surface area (Å²) in [5, 5.41) is 3.11. The number of carbonyl (C=O) groups excluding carboxylic acids is 1. The summed E-state index contributed by atoms with van der Waals surface area (Å²) < 4.78 is 33.2. The summed E-state index contributed by atoms with van der Waals surface area (Å²) in [6, 6.07) is 2.13. The minimum Gasteiger partial charge on any atom is -0.494 e. The van der Waals surface area contributed by atoms with Gasteiger partial charge in [0.25, 0.3) is 0 Å². The molecule has 1 aromatic carbocycles. The summed E-state index contributed by atoms with van der Waals surface area (Å²) in [6.07, 6.45) is 0.771. The van der Waals surface area contributed by atoms with E-state index in [1.54, 1.807) is 6.07 Å². The Morgan fingerprint density at radius 2 is 2.24 bits per heavy atom. The average molecular weight is 472 g/mol. The molecule has 140 valence electrons. The van der Waals surface area contributed by atoms with Crippen molar-refractivity contribution in [3.63, 3.8) is 0 Å². The molecule has 1 aromatic rings. The molecule has 0 spiro atoms. The smallest absolute Gasteiger partial charge is 0.248 e. The van der Waals surface area contributed by atoms with Crippen LogP contribution in [0.1, 0.15) is 20.3 Å². The van der Waals surface area contributed by atoms with Gasteiger partial charge in [-0.3, -0.25) is 4.79 Å². The van der Waals surface area contributed by atoms with Crippen LogP contribution in [0.4, 0.5) is 0 Å². The fourth-order valence-electron chi connectivity index (χ4n) is 2.36. The molecule has 1 heterocycles. The predicted molar refractivity (Wildman–Crippen MR) is 104 cm³/mol. The minimum atomic E-state index is -3.95. The van der Waals surface area contributed by atoms with Crippen LogP contribution >= 0.6 is 39.3 Å². The maximum Gasteiger partial charge on any atom is 0.248 e. The maximum absolute atomic E-state index is 13.2. The molecule has 6 nitrogen and oxygen atoms in total. The van der Waals surface area contributed by atoms with E-state index in [1.165, 1.54) is 29.2 Å². The average Bonchev–Trinajstić information content (AvgIpc) is 3.04. The number of nitrogens with zero attached hydrogens (tertiary/aromatic N) is 1. The summed E-state index contributed by atoms with van der Waals surface area (Å²) in [6.45, 7) is 3.84. The number of ether oxygens (including phenoxy) is 1. The Balaban J connectivity index is 2.40. The number of amides is 1. The highest BCUT2D eigenvalue weighted by Crippen LogP contribution is 2.39. The zero-order valence-corrected chi connectivity index (χ0v) is 18.1. The number of nitrogens with one attached hydrogen (secondary N) is 1. The summed E-state index contributed by atoms with van der Waals surface area (Å²) in [7, 11) is -2.56. The number of carbonyl (C=O) groups is 1. The van der Waals surface area contributed by atoms with Gasteiger partial charge in [0.15, 0.2) is 5.75 Å². The van der Waals surface area contributed by atoms with Crippen LogP contribution in [-0.2, 0) is 14.8 Å². The van der Waals surface area contributed by atoms with Gasteiger partial charge in [0, 0.05) is 16.8 Å². The number of sulfonamides is 1. The van der Waals surface area contributed by atoms with Crippen molar-refractivity contribution >= 4 is 55.2 Å². The first kappa shape index (κ1) is 20.8. The molecule has 10 heteroatoms. The van der Waals surface area contributed by atoms with Crippen molar-refractivity contribution in [1.29, 1.82) is 0 Å². The van der Waals surface area contributed by atoms with E-state index in [0.717, 1.165) is 6.42 Å². The van der Waals surface area contributed by atoms with Crippen molar-refractivity contribution in [3.8, 4) is 5.75 Å². The quantitative estimate of drug-likeness (QED) is 0.690. The van der Waals surface area contributed by atoms with Gasteiger partial charge in [0.2, 0.25) is 15.9 Å². The Labute approximate surface area is 165 Å². The Kier molecular flexibility index (Phi) is 7.06. The fraction of sp³-hybridized carbons (Fsp3) is 0.533. The highest BCUT2D eigenvalue weighted by Gasteiger charge is 2.41. The summed E-state index contributed by atoms with van der Waals surface area (Å²) in [5.74, 6) is 0.491. The van der Waals surface area contributed by atoms with E-state index in [9.17, 15) is 13.2 Å². The summed E-state index contributed by atoms with van der Waals surface area (Å²) in [4.78, 5) is 12.4. The standard InChI is InChI=1S/C15H20BrClN2O4S2/c1-4-9(2)18-15(20)12-7-24-8-19(12)25(21,22)13-6-10(17)5-11(16)14(13)23-3/h5-6,9,12H,4,7-8H2,1-3H3,(H,18,20). The lowest BCUT2D eigenvalue weighted by atomic mass is 10.2. The first-order valence-corrected chi connectivity index (χ1v) is 11.4. The van der Waals surface area contributed by atoms with Crippen molar-refractivity contribution in [2.75, 3.05) is 18.7 Å². The van der Waals surface area contributed by atoms with E-state index in [-0.39, 0.29) is 33.5 Å². The fourth-order valence-corrected chi connectivity index (χ4v) is 6.89. The molecule has 1 N–H and O–H groups in total. The zero-order valence-electron chi connectivity index (χ0n) is 14.1. The first-order chi connectivity index (χ1) is 11.7. The molecule has 25 heavy (non-hydrogen) atoms. The Bertz CT molecular complexity index is 760. The molecule has 0 aliphatic carbocycles. The number of halogens is 2. The molecule has 2 atom stereocenters. The SMILES string of the molecule is CCC(C)NC(=O)C1CSCN1S(=O)(=O)c1cc(Cl)cc(Br)c1OC. The molecular weight excluding hydrogens is 452 g/mol. The Morgan fingerprint density at radius 1 is 1.56 bits per heavy atom. The molecule has 1 fully saturated rings. The second-order valence-corrected chi connectivity index (χ2v) is 9.79. The molecule has 1 amide bonds. The van der Waals surface area contributed by atoms with Crippen LogP contribution in [-0.4, -0.2) is 49.5 Å². The molecule has 0 radical (unpaired) electrons. The second kappa shape index (κ2) is 8.47. The zero-order chi connectivity index (χ0) is 18.8. The van der Waals surface area contributed by atoms with E-state index >= 15 is 0 Å². The van der Waals surface area contributed by atoms with Crippen LogP contribution in [0.25, 0.3) is 0 Å². The number of methoxy groups -OCH3 is 1. The second-order valence-electron chi connectivity index (χ2n) is 5.64. The van der Waals surface area contributed by atoms with Gasteiger partial charge in [-0.05, 0) is 41.4 Å². The van der Waals surface area contributed by atoms with Crippen LogP contribution in [0, 0.1) is 0 Å². The van der Waals surface area contributed by atoms with Crippen molar-refractivity contribution in [3.05, 3.63) is 21.6 Å². The molecule has 0 aromatic heterocycles. The highest BCUT2D eigenvalue weighted by molar-refractivity contribution is 9.10. The van der Waals surface area contributed by atoms with Gasteiger partial charge in [-0.25, -0.2) is 8.42 Å². The monoisotopic (exact) mass is 470 g/mol. The predicted octanol–water partition coefficient (Wildman–Crippen LogP) is 3.09. The molecule has 2 unspecified atom stereocenters. The third-order valence-electron chi connectivity index (χ3n) is 3.91. The normalized spacial score (nSPS) is 19.6. The number of hydrogen-bond donors (Lipinski definition) is 1. The van der Waals surface area contributed by atoms with Crippen molar-refractivity contribution in [2.45, 2.75) is 37.2 Å². The lowest BCUT2D eigenvalue weighted by Crippen LogP contribution is -2.49. The Morgan fingerprint density at radius 3 is 2.84 bits per heavy atom. The van der Waals surface area contributed by atoms with Crippen molar-refractivity contribution < 1.29 is 17.9 Å². The number of rotatable bonds is 6. The van der Waals surface area contributed by atoms with E-state index < -0.39 is 16.1 Å². The highest BCUT2D eigenvalue weighted by atomic mass is 79.9. The molecule has 1 aliphatic rings. The van der Waals surface area contributed by atoms with Crippen LogP contribution in [0.2, 0.25) is 5.02 Å². The number of thioether (sulfide) groups is 1. The van der Waals surface area contributed by atoms with Gasteiger partial charge in [0.05, 0.1) is 17.5 Å². The van der Waals surface area contributed by atoms with Gasteiger partial charge in [-0.1, -0.05) is 18.5 Å². The summed E-state index contributed by atoms with van der Waals surface area (Å²) >= 11 is 10.7. The van der Waals surface area contributed by atoms with E-state index in [2.05, 4.69) is 21.2 Å². The van der Waals surface area contributed by atoms with Crippen molar-refractivity contribution in [2.24, 2.45) is 0 Å². The largest absolute Gasteiger partial charge is 0.494 e. The van der Waals surface area contributed by atoms with Crippen LogP contribution in [0.5, 0.6) is 5.75 Å². The summed E-state index contributed by atoms with van der Waals surface area (Å²) in [5.41, 5.74) is 0. The maximum atomic E-state index is 13.2. The molecule has 2 rings (SSSR count). The van der Waals surface area contributed by atoms with E-state index in [4.69, 9.17) is 16.3 Å². The third kappa shape index (κ3) is 4.44. The van der Waals surface area contributed by atoms with Gasteiger partial charge in [0.1, 0.15) is 10.9 Å². The molecule has 0 saturated carbocycles. The van der Waals surface area contributed by atoms with Crippen LogP contribution in [0.15, 0.2) is 21.5 Å². The van der Waals surface area contributed by atoms with Crippen LogP contribution in [0.3, 0.4) is 0 Å². The first-order valence-electron chi connectivity index (χ1n) is 7.65. The van der Waals surface area contributed by atoms with Gasteiger partial charge < -0.3 is 10.1 Å². The molecule has 1 saturated heterocycles. The van der Waals surface area contributed by atoms with E-state index in [0.29, 0.717) is 10.2 Å². The lowest BCUT2D eigenvalue weighted by molar-refractivity contribution is -0.124.